The molecule has 1 aromatic rings. The molecule has 0 atom stereocenters. The van der Waals surface area contributed by atoms with Crippen LogP contribution in [0.1, 0.15) is 21.5 Å². The molecule has 2 N–H and O–H groups in total. The quantitative estimate of drug-likeness (QED) is 0.726. The fraction of sp³-hybridized carbons (Fsp3) is 0.222. The highest BCUT2D eigenvalue weighted by molar-refractivity contribution is 5.95. The van der Waals surface area contributed by atoms with E-state index in [1.807, 2.05) is 0 Å². The van der Waals surface area contributed by atoms with Crippen molar-refractivity contribution in [3.05, 3.63) is 34.6 Å². The van der Waals surface area contributed by atoms with E-state index in [2.05, 4.69) is 0 Å². The van der Waals surface area contributed by atoms with Crippen LogP contribution in [0.5, 0.6) is 0 Å². The molecule has 0 spiro atoms. The number of nitrogens with two attached hydrogens (primary N) is 1. The first-order valence-electron chi connectivity index (χ1n) is 3.91. The van der Waals surface area contributed by atoms with E-state index in [1.54, 1.807) is 0 Å². The van der Waals surface area contributed by atoms with Crippen molar-refractivity contribution < 1.29 is 22.4 Å². The van der Waals surface area contributed by atoms with Crippen LogP contribution in [0.4, 0.5) is 17.6 Å². The molecule has 6 heteroatoms. The van der Waals surface area contributed by atoms with Crippen LogP contribution in [0.3, 0.4) is 0 Å². The van der Waals surface area contributed by atoms with Gasteiger partial charge in [-0.05, 0) is 18.6 Å². The number of primary amides is 1. The number of halogens is 4. The fourth-order valence-corrected chi connectivity index (χ4v) is 1.16. The Morgan fingerprint density at radius 2 is 1.87 bits per heavy atom. The van der Waals surface area contributed by atoms with Gasteiger partial charge in [0.05, 0.1) is 11.1 Å². The molecule has 1 rings (SSSR count). The summed E-state index contributed by atoms with van der Waals surface area (Å²) in [7, 11) is 0. The number of benzene rings is 1. The highest BCUT2D eigenvalue weighted by atomic mass is 19.4. The third kappa shape index (κ3) is 2.08. The van der Waals surface area contributed by atoms with E-state index in [-0.39, 0.29) is 5.56 Å². The average Bonchev–Trinajstić information content (AvgIpc) is 2.06. The first-order chi connectivity index (χ1) is 6.75. The van der Waals surface area contributed by atoms with Crippen LogP contribution >= 0.6 is 0 Å². The van der Waals surface area contributed by atoms with Crippen molar-refractivity contribution in [2.24, 2.45) is 5.73 Å². The molecule has 0 aliphatic heterocycles. The topological polar surface area (TPSA) is 43.1 Å². The second-order valence-corrected chi connectivity index (χ2v) is 2.98. The molecule has 0 saturated carbocycles. The Morgan fingerprint density at radius 1 is 1.33 bits per heavy atom. The molecular formula is C9H7F4NO. The molecule has 2 nitrogen and oxygen atoms in total. The SMILES string of the molecule is Cc1ccc(C(F)(F)F)c(C(N)=O)c1F. The zero-order chi connectivity index (χ0) is 11.8. The zero-order valence-electron chi connectivity index (χ0n) is 7.65. The van der Waals surface area contributed by atoms with Crippen molar-refractivity contribution in [2.75, 3.05) is 0 Å². The number of amides is 1. The van der Waals surface area contributed by atoms with Crippen LogP contribution in [0, 0.1) is 12.7 Å². The van der Waals surface area contributed by atoms with Crippen LogP contribution < -0.4 is 5.73 Å². The van der Waals surface area contributed by atoms with Crippen LogP contribution in [-0.2, 0) is 6.18 Å². The van der Waals surface area contributed by atoms with Gasteiger partial charge < -0.3 is 5.73 Å². The lowest BCUT2D eigenvalue weighted by atomic mass is 10.0. The summed E-state index contributed by atoms with van der Waals surface area (Å²) in [6.45, 7) is 1.25. The van der Waals surface area contributed by atoms with Gasteiger partial charge in [0.2, 0.25) is 0 Å². The summed E-state index contributed by atoms with van der Waals surface area (Å²) in [5.41, 5.74) is 2.19. The standard InChI is InChI=1S/C9H7F4NO/c1-4-2-3-5(9(11,12)13)6(7(4)10)8(14)15/h2-3H,1H3,(H2,14,15). The third-order valence-electron chi connectivity index (χ3n) is 1.89. The summed E-state index contributed by atoms with van der Waals surface area (Å²) < 4.78 is 50.3. The van der Waals surface area contributed by atoms with Gasteiger partial charge in [0.25, 0.3) is 5.91 Å². The lowest BCUT2D eigenvalue weighted by Crippen LogP contribution is -2.21. The maximum absolute atomic E-state index is 13.2. The van der Waals surface area contributed by atoms with Crippen LogP contribution in [0.15, 0.2) is 12.1 Å². The smallest absolute Gasteiger partial charge is 0.365 e. The Bertz CT molecular complexity index is 411. The summed E-state index contributed by atoms with van der Waals surface area (Å²) >= 11 is 0. The van der Waals surface area contributed by atoms with Crippen molar-refractivity contribution in [2.45, 2.75) is 13.1 Å². The molecular weight excluding hydrogens is 214 g/mol. The second-order valence-electron chi connectivity index (χ2n) is 2.98. The molecule has 0 unspecified atom stereocenters. The van der Waals surface area contributed by atoms with E-state index in [4.69, 9.17) is 5.73 Å². The van der Waals surface area contributed by atoms with Crippen molar-refractivity contribution >= 4 is 5.91 Å². The van der Waals surface area contributed by atoms with Gasteiger partial charge in [0, 0.05) is 0 Å². The van der Waals surface area contributed by atoms with E-state index in [0.29, 0.717) is 6.07 Å². The minimum absolute atomic E-state index is 0.0585. The predicted molar refractivity (Wildman–Crippen MR) is 44.7 cm³/mol. The van der Waals surface area contributed by atoms with E-state index in [9.17, 15) is 22.4 Å². The zero-order valence-corrected chi connectivity index (χ0v) is 7.65. The fourth-order valence-electron chi connectivity index (χ4n) is 1.16. The molecule has 1 amide bonds. The number of rotatable bonds is 1. The van der Waals surface area contributed by atoms with Gasteiger partial charge in [-0.1, -0.05) is 6.07 Å². The van der Waals surface area contributed by atoms with Gasteiger partial charge in [-0.2, -0.15) is 13.2 Å². The van der Waals surface area contributed by atoms with Crippen LogP contribution in [-0.4, -0.2) is 5.91 Å². The molecule has 15 heavy (non-hydrogen) atoms. The van der Waals surface area contributed by atoms with Crippen molar-refractivity contribution in [1.82, 2.24) is 0 Å². The minimum Gasteiger partial charge on any atom is -0.365 e. The third-order valence-corrected chi connectivity index (χ3v) is 1.89. The lowest BCUT2D eigenvalue weighted by molar-refractivity contribution is -0.138. The summed E-state index contributed by atoms with van der Waals surface area (Å²) in [5, 5.41) is 0. The Labute approximate surface area is 82.7 Å². The van der Waals surface area contributed by atoms with E-state index in [1.165, 1.54) is 6.92 Å². The summed E-state index contributed by atoms with van der Waals surface area (Å²) in [6, 6.07) is 1.59. The van der Waals surface area contributed by atoms with E-state index in [0.717, 1.165) is 6.07 Å². The highest BCUT2D eigenvalue weighted by Crippen LogP contribution is 2.33. The molecule has 0 fully saturated rings. The molecule has 0 saturated heterocycles. The molecule has 1 aromatic carbocycles. The number of carbonyl (C=O) groups excluding carboxylic acids is 1. The second kappa shape index (κ2) is 3.52. The van der Waals surface area contributed by atoms with Crippen LogP contribution in [0.2, 0.25) is 0 Å². The molecule has 0 heterocycles. The Balaban J connectivity index is 3.55. The maximum Gasteiger partial charge on any atom is 0.417 e. The Morgan fingerprint density at radius 3 is 2.27 bits per heavy atom. The highest BCUT2D eigenvalue weighted by Gasteiger charge is 2.36. The Kier molecular flexibility index (Phi) is 2.70. The monoisotopic (exact) mass is 221 g/mol. The van der Waals surface area contributed by atoms with Crippen molar-refractivity contribution in [3.63, 3.8) is 0 Å². The van der Waals surface area contributed by atoms with Crippen molar-refractivity contribution in [1.29, 1.82) is 0 Å². The largest absolute Gasteiger partial charge is 0.417 e. The first kappa shape index (κ1) is 11.5. The summed E-state index contributed by atoms with van der Waals surface area (Å²) in [6.07, 6.45) is -4.79. The summed E-state index contributed by atoms with van der Waals surface area (Å²) in [4.78, 5) is 10.7. The number of carbonyl (C=O) groups is 1. The van der Waals surface area contributed by atoms with E-state index >= 15 is 0 Å². The number of hydrogen-bond donors (Lipinski definition) is 1. The van der Waals surface area contributed by atoms with Crippen molar-refractivity contribution in [3.8, 4) is 0 Å². The number of hydrogen-bond acceptors (Lipinski definition) is 1. The van der Waals surface area contributed by atoms with Gasteiger partial charge in [-0.3, -0.25) is 4.79 Å². The molecule has 82 valence electrons. The minimum atomic E-state index is -4.79. The predicted octanol–water partition coefficient (Wildman–Crippen LogP) is 2.25. The van der Waals surface area contributed by atoms with Gasteiger partial charge in [-0.25, -0.2) is 4.39 Å². The number of alkyl halides is 3. The van der Waals surface area contributed by atoms with Crippen LogP contribution in [0.25, 0.3) is 0 Å². The molecule has 0 aliphatic rings. The van der Waals surface area contributed by atoms with Gasteiger partial charge in [0.15, 0.2) is 0 Å². The molecule has 0 aromatic heterocycles. The Hall–Kier alpha value is -1.59. The first-order valence-corrected chi connectivity index (χ1v) is 3.91. The maximum atomic E-state index is 13.2. The van der Waals surface area contributed by atoms with E-state index < -0.39 is 29.0 Å². The normalized spacial score (nSPS) is 11.5. The summed E-state index contributed by atoms with van der Waals surface area (Å²) in [5.74, 6) is -2.65. The van der Waals surface area contributed by atoms with Gasteiger partial charge >= 0.3 is 6.18 Å². The molecule has 0 radical (unpaired) electrons. The average molecular weight is 221 g/mol. The molecule has 0 bridgehead atoms. The lowest BCUT2D eigenvalue weighted by Gasteiger charge is -2.12. The van der Waals surface area contributed by atoms with Gasteiger partial charge in [0.1, 0.15) is 5.82 Å². The number of aryl methyl sites for hydroxylation is 1. The van der Waals surface area contributed by atoms with Gasteiger partial charge in [-0.15, -0.1) is 0 Å². The molecule has 0 aliphatic carbocycles.